The van der Waals surface area contributed by atoms with Gasteiger partial charge in [-0.1, -0.05) is 0 Å². The van der Waals surface area contributed by atoms with Crippen molar-refractivity contribution in [1.29, 1.82) is 10.5 Å². The van der Waals surface area contributed by atoms with E-state index >= 15 is 0 Å². The van der Waals surface area contributed by atoms with Crippen LogP contribution in [0.3, 0.4) is 0 Å². The van der Waals surface area contributed by atoms with E-state index in [1.165, 1.54) is 12.4 Å². The average Bonchev–Trinajstić information content (AvgIpc) is 3.92. The molecule has 0 aromatic carbocycles. The number of amides is 1. The minimum atomic E-state index is -0.483. The predicted molar refractivity (Wildman–Crippen MR) is 246 cm³/mol. The maximum atomic E-state index is 12.2. The van der Waals surface area contributed by atoms with Crippen molar-refractivity contribution in [3.8, 4) is 34.4 Å². The molecular formula is C43H51BrN18O2. The zero-order chi connectivity index (χ0) is 45.6. The van der Waals surface area contributed by atoms with E-state index in [-0.39, 0.29) is 18.1 Å². The van der Waals surface area contributed by atoms with Crippen molar-refractivity contribution in [1.82, 2.24) is 59.7 Å². The second kappa shape index (κ2) is 21.7. The molecule has 0 bridgehead atoms. The van der Waals surface area contributed by atoms with Gasteiger partial charge in [-0.05, 0) is 99.7 Å². The molecule has 0 saturated carbocycles. The standard InChI is InChI=1S/C19H21N9.C18H27N7O2.C6H3BrN2/c1-28-12-14(10-24-28)16-11-23-19(26-17-3-2-13(8-20)9-22-17)27-18(16)25-15-4-6-21-7-5-15;1-18(2,3)27-17(26)25-7-5-13(6-8-25)22-15-14(10-20-16(19)23-15)12-9-21-24(4)11-12;7-6-2-1-5(3-8)4-9-6/h2-3,9-12,15,21H,4-7H2,1H3,(H2,22,23,25,26,27);9-11,13H,5-8H2,1-4H3,(H3,19,20,22,23);1-2,4H. The van der Waals surface area contributed by atoms with E-state index in [4.69, 9.17) is 26.0 Å². The van der Waals surface area contributed by atoms with Gasteiger partial charge in [0.25, 0.3) is 0 Å². The van der Waals surface area contributed by atoms with Gasteiger partial charge in [-0.3, -0.25) is 9.36 Å². The lowest BCUT2D eigenvalue weighted by atomic mass is 10.0. The van der Waals surface area contributed by atoms with Gasteiger partial charge in [0.05, 0.1) is 23.5 Å². The first-order valence-corrected chi connectivity index (χ1v) is 21.4. The van der Waals surface area contributed by atoms with Gasteiger partial charge in [-0.25, -0.2) is 24.7 Å². The summed E-state index contributed by atoms with van der Waals surface area (Å²) in [6.45, 7) is 8.87. The number of hydrogen-bond acceptors (Lipinski definition) is 17. The van der Waals surface area contributed by atoms with E-state index in [1.807, 2.05) is 59.5 Å². The Hall–Kier alpha value is -7.23. The Kier molecular flexibility index (Phi) is 15.7. The number of nitrogens with two attached hydrogens (primary N) is 1. The Morgan fingerprint density at radius 1 is 0.781 bits per heavy atom. The zero-order valence-electron chi connectivity index (χ0n) is 36.3. The Labute approximate surface area is 379 Å². The van der Waals surface area contributed by atoms with Crippen LogP contribution in [0.2, 0.25) is 0 Å². The van der Waals surface area contributed by atoms with Crippen molar-refractivity contribution in [2.45, 2.75) is 64.1 Å². The van der Waals surface area contributed by atoms with Gasteiger partial charge in [0, 0.05) is 98.7 Å². The molecule has 0 spiro atoms. The smallest absolute Gasteiger partial charge is 0.410 e. The van der Waals surface area contributed by atoms with E-state index in [1.54, 1.807) is 57.1 Å². The van der Waals surface area contributed by atoms with E-state index < -0.39 is 5.60 Å². The van der Waals surface area contributed by atoms with E-state index in [9.17, 15) is 4.79 Å². The summed E-state index contributed by atoms with van der Waals surface area (Å²) in [4.78, 5) is 39.6. The van der Waals surface area contributed by atoms with Crippen LogP contribution in [0.15, 0.2) is 78.4 Å². The lowest BCUT2D eigenvalue weighted by Crippen LogP contribution is -2.44. The van der Waals surface area contributed by atoms with E-state index in [0.717, 1.165) is 71.4 Å². The number of nitriles is 2. The molecule has 8 heterocycles. The summed E-state index contributed by atoms with van der Waals surface area (Å²) in [6, 6.07) is 11.4. The minimum Gasteiger partial charge on any atom is -0.444 e. The third-order valence-corrected chi connectivity index (χ3v) is 10.3. The molecule has 2 aliphatic heterocycles. The number of hydrogen-bond donors (Lipinski definition) is 5. The monoisotopic (exact) mass is 930 g/mol. The maximum Gasteiger partial charge on any atom is 0.410 e. The summed E-state index contributed by atoms with van der Waals surface area (Å²) in [5, 5.41) is 39.2. The highest BCUT2D eigenvalue weighted by Crippen LogP contribution is 2.30. The molecule has 6 N–H and O–H groups in total. The molecule has 0 aliphatic carbocycles. The number of nitrogens with one attached hydrogen (secondary N) is 4. The number of likely N-dealkylation sites (tertiary alicyclic amines) is 1. The molecule has 20 nitrogen and oxygen atoms in total. The van der Waals surface area contributed by atoms with Crippen LogP contribution in [0.1, 0.15) is 57.6 Å². The highest BCUT2D eigenvalue weighted by Gasteiger charge is 2.28. The number of anilines is 5. The third-order valence-electron chi connectivity index (χ3n) is 9.78. The van der Waals surface area contributed by atoms with Crippen molar-refractivity contribution >= 4 is 51.4 Å². The quantitative estimate of drug-likeness (QED) is 0.109. The van der Waals surface area contributed by atoms with Gasteiger partial charge in [-0.15, -0.1) is 0 Å². The number of ether oxygens (including phenoxy) is 1. The summed E-state index contributed by atoms with van der Waals surface area (Å²) < 4.78 is 9.69. The largest absolute Gasteiger partial charge is 0.444 e. The van der Waals surface area contributed by atoms with Crippen LogP contribution in [0, 0.1) is 22.7 Å². The van der Waals surface area contributed by atoms with Crippen LogP contribution in [0.5, 0.6) is 0 Å². The summed E-state index contributed by atoms with van der Waals surface area (Å²) in [5.41, 5.74) is 10.0. The lowest BCUT2D eigenvalue weighted by Gasteiger charge is -2.34. The molecule has 6 aromatic rings. The molecular weight excluding hydrogens is 881 g/mol. The summed E-state index contributed by atoms with van der Waals surface area (Å²) >= 11 is 3.15. The van der Waals surface area contributed by atoms with Crippen molar-refractivity contribution in [2.75, 3.05) is 47.9 Å². The number of carbonyl (C=O) groups is 1. The number of carbonyl (C=O) groups excluding carboxylic acids is 1. The number of nitrogen functional groups attached to an aromatic ring is 1. The van der Waals surface area contributed by atoms with Crippen LogP contribution < -0.4 is 27.0 Å². The highest BCUT2D eigenvalue weighted by molar-refractivity contribution is 9.10. The molecule has 6 aromatic heterocycles. The number of pyridine rings is 2. The SMILES string of the molecule is Cn1cc(-c2cnc(N)nc2NC2CCN(C(=O)OC(C)(C)C)CC2)cn1.Cn1cc(-c2cnc(Nc3ccc(C#N)cn3)nc2NC2CCNCC2)cn1.N#Cc1ccc(Br)nc1. The summed E-state index contributed by atoms with van der Waals surface area (Å²) in [5.74, 6) is 2.70. The van der Waals surface area contributed by atoms with Gasteiger partial charge < -0.3 is 36.6 Å². The zero-order valence-corrected chi connectivity index (χ0v) is 37.9. The Balaban J connectivity index is 0.000000178. The molecule has 64 heavy (non-hydrogen) atoms. The molecule has 332 valence electrons. The number of rotatable bonds is 8. The van der Waals surface area contributed by atoms with Gasteiger partial charge in [-0.2, -0.15) is 30.7 Å². The second-order valence-electron chi connectivity index (χ2n) is 16.0. The third kappa shape index (κ3) is 13.6. The van der Waals surface area contributed by atoms with Crippen molar-refractivity contribution in [2.24, 2.45) is 14.1 Å². The lowest BCUT2D eigenvalue weighted by molar-refractivity contribution is 0.0210. The maximum absolute atomic E-state index is 12.2. The van der Waals surface area contributed by atoms with Crippen molar-refractivity contribution in [3.05, 3.63) is 89.6 Å². The summed E-state index contributed by atoms with van der Waals surface area (Å²) in [7, 11) is 3.75. The number of nitrogens with zero attached hydrogens (tertiary/aromatic N) is 13. The van der Waals surface area contributed by atoms with Crippen LogP contribution in [-0.2, 0) is 18.8 Å². The van der Waals surface area contributed by atoms with Crippen molar-refractivity contribution < 1.29 is 9.53 Å². The molecule has 0 atom stereocenters. The second-order valence-corrected chi connectivity index (χ2v) is 16.8. The molecule has 2 aliphatic rings. The van der Waals surface area contributed by atoms with Crippen LogP contribution in [0.25, 0.3) is 22.3 Å². The van der Waals surface area contributed by atoms with Crippen LogP contribution in [-0.4, -0.2) is 104 Å². The molecule has 2 saturated heterocycles. The van der Waals surface area contributed by atoms with E-state index in [0.29, 0.717) is 47.8 Å². The Morgan fingerprint density at radius 3 is 1.86 bits per heavy atom. The highest BCUT2D eigenvalue weighted by atomic mass is 79.9. The molecule has 0 unspecified atom stereocenters. The molecule has 2 fully saturated rings. The molecule has 8 rings (SSSR count). The fourth-order valence-corrected chi connectivity index (χ4v) is 6.81. The minimum absolute atomic E-state index is 0.188. The first-order valence-electron chi connectivity index (χ1n) is 20.6. The Morgan fingerprint density at radius 2 is 1.34 bits per heavy atom. The number of aromatic nitrogens is 10. The summed E-state index contributed by atoms with van der Waals surface area (Å²) in [6.07, 6.45) is 17.4. The number of halogens is 1. The topological polar surface area (TPSA) is 264 Å². The van der Waals surface area contributed by atoms with E-state index in [2.05, 4.69) is 78.4 Å². The first-order chi connectivity index (χ1) is 30.7. The first kappa shape index (κ1) is 46.3. The number of piperidine rings is 2. The van der Waals surface area contributed by atoms with Gasteiger partial charge in [0.1, 0.15) is 39.8 Å². The normalized spacial score (nSPS) is 14.1. The Bertz CT molecular complexity index is 2540. The molecule has 0 radical (unpaired) electrons. The van der Waals surface area contributed by atoms with Gasteiger partial charge in [0.15, 0.2) is 0 Å². The van der Waals surface area contributed by atoms with Crippen LogP contribution >= 0.6 is 15.9 Å². The molecule has 1 amide bonds. The van der Waals surface area contributed by atoms with Crippen molar-refractivity contribution in [3.63, 3.8) is 0 Å². The fraction of sp³-hybridized carbons (Fsp3) is 0.372. The molecule has 21 heteroatoms. The van der Waals surface area contributed by atoms with Crippen LogP contribution in [0.4, 0.5) is 34.1 Å². The van der Waals surface area contributed by atoms with Gasteiger partial charge in [0.2, 0.25) is 11.9 Å². The average molecular weight is 932 g/mol. The fourth-order valence-electron chi connectivity index (χ4n) is 6.58. The number of aryl methyl sites for hydroxylation is 2. The predicted octanol–water partition coefficient (Wildman–Crippen LogP) is 6.04. The van der Waals surface area contributed by atoms with Gasteiger partial charge >= 0.3 is 6.09 Å².